The molecule has 0 radical (unpaired) electrons. The second kappa shape index (κ2) is 25.7. The van der Waals surface area contributed by atoms with Gasteiger partial charge in [0.15, 0.2) is 0 Å². The van der Waals surface area contributed by atoms with E-state index < -0.39 is 32.3 Å². The van der Waals surface area contributed by atoms with Gasteiger partial charge in [-0.15, -0.1) is 0 Å². The second-order valence-electron chi connectivity index (χ2n) is 32.8. The van der Waals surface area contributed by atoms with E-state index in [9.17, 15) is 0 Å². The van der Waals surface area contributed by atoms with E-state index >= 15 is 0 Å². The first kappa shape index (κ1) is 66.9. The number of rotatable bonds is 14. The molecule has 0 spiro atoms. The minimum absolute atomic E-state index is 0.0193. The summed E-state index contributed by atoms with van der Waals surface area (Å²) < 4.78 is 0. The number of hydrogen-bond donors (Lipinski definition) is 0. The molecule has 4 aromatic heterocycles. The van der Waals surface area contributed by atoms with Crippen LogP contribution in [0.3, 0.4) is 0 Å². The van der Waals surface area contributed by atoms with E-state index in [4.69, 9.17) is 19.9 Å². The summed E-state index contributed by atoms with van der Waals surface area (Å²) >= 11 is 0. The summed E-state index contributed by atoms with van der Waals surface area (Å²) in [5.41, 5.74) is 31.2. The van der Waals surface area contributed by atoms with E-state index in [1.807, 2.05) is 36.8 Å². The Bertz CT molecular complexity index is 5800. The van der Waals surface area contributed by atoms with Gasteiger partial charge in [-0.1, -0.05) is 244 Å². The fourth-order valence-corrected chi connectivity index (χ4v) is 23.2. The molecule has 8 nitrogen and oxygen atoms in total. The van der Waals surface area contributed by atoms with E-state index in [0.29, 0.717) is 0 Å². The van der Waals surface area contributed by atoms with Crippen LogP contribution >= 0.6 is 0 Å². The quantitative estimate of drug-likeness (QED) is 0.0998. The standard InChI is InChI=1S/C92H84B2N8Si4/c1-103(2,3)63-45-49-83-73(57-63)94-74-58-66(46-50-84(74)100(80-36-17-13-29-68(80)76-33-21-24-53-96-76)86-40-26-39-85(92(86)94)99(83)79-35-16-12-28-67(79)75-32-20-23-52-95-75)106(10,11)61-62-51-55-98-78(56-62)70-31-15-19-38-82(70)102-88-42-27-41-87-91(88)93(72-48-44-65(60-90(72)102)105(7,8)9)71-47-43-64(104(4,5)6)59-89(71)101(87)81-37-18-14-30-69(81)77-34-22-25-54-97-77/h12-60H,61H2,1-11H3. The number of fused-ring (bicyclic) bond motifs is 8. The van der Waals surface area contributed by atoms with E-state index in [1.165, 1.54) is 105 Å². The smallest absolute Gasteiger partial charge is 0.252 e. The van der Waals surface area contributed by atoms with Crippen LogP contribution in [0.1, 0.15) is 5.56 Å². The molecule has 4 aliphatic rings. The summed E-state index contributed by atoms with van der Waals surface area (Å²) in [4.78, 5) is 30.6. The molecule has 0 amide bonds. The van der Waals surface area contributed by atoms with Gasteiger partial charge in [0.1, 0.15) is 0 Å². The zero-order valence-electron chi connectivity index (χ0n) is 62.2. The molecule has 0 fully saturated rings. The van der Waals surface area contributed by atoms with E-state index in [-0.39, 0.29) is 13.4 Å². The Balaban J connectivity index is 0.779. The first-order valence-electron chi connectivity index (χ1n) is 37.4. The highest BCUT2D eigenvalue weighted by Gasteiger charge is 2.48. The van der Waals surface area contributed by atoms with Gasteiger partial charge in [0.2, 0.25) is 0 Å². The SMILES string of the molecule is C[Si](C)(C)c1ccc2c(c1)B1c3cc([Si](C)(C)Cc4ccnc(-c5ccccc5N5c6cc([Si](C)(C)C)ccc6B6c7ccc([Si](C)(C)C)cc7N(c7ccccc7-c7ccccn7)c7cccc5c76)c4)ccc3N(c3ccccc3-c3ccccn3)c3cccc(c31)N2c1ccccc1-c1ccccn1. The fraction of sp³-hybridized carbons (Fsp3) is 0.130. The molecule has 0 N–H and O–H groups in total. The Hall–Kier alpha value is -11.0. The Labute approximate surface area is 629 Å². The van der Waals surface area contributed by atoms with Crippen molar-refractivity contribution in [1.29, 1.82) is 0 Å². The van der Waals surface area contributed by atoms with Crippen LogP contribution in [0.25, 0.3) is 45.0 Å². The molecule has 106 heavy (non-hydrogen) atoms. The lowest BCUT2D eigenvalue weighted by atomic mass is 9.33. The van der Waals surface area contributed by atoms with Crippen LogP contribution in [0.4, 0.5) is 68.2 Å². The molecule has 0 aliphatic carbocycles. The molecule has 0 unspecified atom stereocenters. The van der Waals surface area contributed by atoms with Gasteiger partial charge >= 0.3 is 0 Å². The van der Waals surface area contributed by atoms with Crippen molar-refractivity contribution in [3.63, 3.8) is 0 Å². The Morgan fingerprint density at radius 1 is 0.245 bits per heavy atom. The summed E-state index contributed by atoms with van der Waals surface area (Å²) in [6, 6.07) is 104. The first-order chi connectivity index (χ1) is 51.3. The molecule has 18 rings (SSSR count). The van der Waals surface area contributed by atoms with Crippen LogP contribution in [0.2, 0.25) is 72.0 Å². The Morgan fingerprint density at radius 2 is 0.566 bits per heavy atom. The Kier molecular flexibility index (Phi) is 16.2. The molecule has 0 bridgehead atoms. The average molecular weight is 1440 g/mol. The van der Waals surface area contributed by atoms with Crippen LogP contribution in [-0.4, -0.2) is 65.7 Å². The van der Waals surface area contributed by atoms with Crippen LogP contribution < -0.4 is 73.1 Å². The maximum atomic E-state index is 5.39. The van der Waals surface area contributed by atoms with Crippen molar-refractivity contribution in [2.75, 3.05) is 19.6 Å². The Morgan fingerprint density at radius 3 is 0.962 bits per heavy atom. The molecule has 514 valence electrons. The fourth-order valence-electron chi connectivity index (χ4n) is 17.2. The second-order valence-corrected chi connectivity index (χ2v) is 52.7. The molecule has 0 atom stereocenters. The highest BCUT2D eigenvalue weighted by Crippen LogP contribution is 2.50. The lowest BCUT2D eigenvalue weighted by Gasteiger charge is -2.45. The predicted octanol–water partition coefficient (Wildman–Crippen LogP) is 17.4. The number of nitrogens with zero attached hydrogens (tertiary/aromatic N) is 8. The molecule has 0 saturated carbocycles. The first-order valence-corrected chi connectivity index (χ1v) is 51.1. The number of anilines is 12. The minimum Gasteiger partial charge on any atom is -0.311 e. The maximum Gasteiger partial charge on any atom is 0.252 e. The molecule has 14 heteroatoms. The van der Waals surface area contributed by atoms with Gasteiger partial charge in [0, 0.05) is 92.5 Å². The number of hydrogen-bond acceptors (Lipinski definition) is 8. The van der Waals surface area contributed by atoms with Crippen molar-refractivity contribution >= 4 is 167 Å². The van der Waals surface area contributed by atoms with Crippen molar-refractivity contribution < 1.29 is 0 Å². The molecule has 14 aromatic rings. The third-order valence-electron chi connectivity index (χ3n) is 22.5. The van der Waals surface area contributed by atoms with Crippen LogP contribution in [0.15, 0.2) is 298 Å². The summed E-state index contributed by atoms with van der Waals surface area (Å²) in [7, 11) is -7.88. The van der Waals surface area contributed by atoms with Gasteiger partial charge in [-0.2, -0.15) is 0 Å². The molecular weight excluding hydrogens is 1350 g/mol. The lowest BCUT2D eigenvalue weighted by Crippen LogP contribution is -2.63. The predicted molar refractivity (Wildman–Crippen MR) is 464 cm³/mol. The van der Waals surface area contributed by atoms with Gasteiger partial charge in [0.25, 0.3) is 13.4 Å². The number of benzene rings is 10. The number of pyridine rings is 4. The zero-order valence-corrected chi connectivity index (χ0v) is 66.2. The summed E-state index contributed by atoms with van der Waals surface area (Å²) in [6.07, 6.45) is 7.79. The van der Waals surface area contributed by atoms with Gasteiger partial charge < -0.3 is 19.6 Å². The van der Waals surface area contributed by atoms with E-state index in [0.717, 1.165) is 73.8 Å². The number of para-hydroxylation sites is 4. The van der Waals surface area contributed by atoms with Gasteiger partial charge in [-0.05, 0) is 166 Å². The largest absolute Gasteiger partial charge is 0.311 e. The third-order valence-corrected chi connectivity index (χ3v) is 31.8. The average Bonchev–Trinajstić information content (AvgIpc) is 0.700. The van der Waals surface area contributed by atoms with E-state index in [1.54, 1.807) is 0 Å². The highest BCUT2D eigenvalue weighted by atomic mass is 28.3. The van der Waals surface area contributed by atoms with Crippen molar-refractivity contribution in [3.05, 3.63) is 303 Å². The van der Waals surface area contributed by atoms with Crippen LogP contribution in [0.5, 0.6) is 0 Å². The number of aromatic nitrogens is 4. The van der Waals surface area contributed by atoms with Crippen molar-refractivity contribution in [2.24, 2.45) is 0 Å². The van der Waals surface area contributed by atoms with Crippen LogP contribution in [-0.2, 0) is 6.04 Å². The van der Waals surface area contributed by atoms with Gasteiger partial charge in [-0.3, -0.25) is 19.9 Å². The molecule has 10 aromatic carbocycles. The summed E-state index contributed by atoms with van der Waals surface area (Å²) in [5.74, 6) is 0. The molecule has 8 heterocycles. The van der Waals surface area contributed by atoms with E-state index in [2.05, 4.69) is 353 Å². The van der Waals surface area contributed by atoms with Gasteiger partial charge in [0.05, 0.1) is 77.8 Å². The lowest BCUT2D eigenvalue weighted by molar-refractivity contribution is 1.22. The summed E-state index contributed by atoms with van der Waals surface area (Å²) in [6.45, 7) is 27.3. The zero-order chi connectivity index (χ0) is 72.5. The molecular formula is C92H84B2N8Si4. The highest BCUT2D eigenvalue weighted by molar-refractivity contribution is 7.02. The van der Waals surface area contributed by atoms with Crippen LogP contribution in [0, 0.1) is 0 Å². The van der Waals surface area contributed by atoms with Crippen molar-refractivity contribution in [3.8, 4) is 45.0 Å². The third kappa shape index (κ3) is 11.3. The topological polar surface area (TPSA) is 64.5 Å². The van der Waals surface area contributed by atoms with Gasteiger partial charge in [-0.25, -0.2) is 0 Å². The molecule has 0 saturated heterocycles. The maximum absolute atomic E-state index is 5.39. The molecule has 4 aliphatic heterocycles. The van der Waals surface area contributed by atoms with Crippen molar-refractivity contribution in [2.45, 2.75) is 78.1 Å². The van der Waals surface area contributed by atoms with Crippen molar-refractivity contribution in [1.82, 2.24) is 19.9 Å². The minimum atomic E-state index is -2.40. The summed E-state index contributed by atoms with van der Waals surface area (Å²) in [5, 5.41) is 5.72. The normalized spacial score (nSPS) is 13.5. The monoisotopic (exact) mass is 1430 g/mol.